The average molecular weight is 286 g/mol. The highest BCUT2D eigenvalue weighted by molar-refractivity contribution is 7.91. The number of nitrogens with one attached hydrogen (secondary N) is 1. The maximum Gasteiger partial charge on any atom is 0.287 e. The van der Waals surface area contributed by atoms with Crippen LogP contribution in [0, 0.1) is 10.1 Å². The Labute approximate surface area is 112 Å². The lowest BCUT2D eigenvalue weighted by atomic mass is 10.2. The summed E-state index contributed by atoms with van der Waals surface area (Å²) in [5, 5.41) is 13.9. The number of nitro benzene ring substituents is 1. The predicted molar refractivity (Wildman–Crippen MR) is 72.9 cm³/mol. The van der Waals surface area contributed by atoms with Crippen LogP contribution in [-0.4, -0.2) is 31.7 Å². The van der Waals surface area contributed by atoms with Crippen LogP contribution >= 0.6 is 0 Å². The molecule has 0 saturated carbocycles. The standard InChI is InChI=1S/C12H18N2O4S/c1-3-10(13-4-2)9-19(17,18)12-8-6-5-7-11(12)14(15)16/h5-8,10,13H,3-4,9H2,1-2H3. The van der Waals surface area contributed by atoms with Crippen LogP contribution in [0.25, 0.3) is 0 Å². The molecule has 106 valence electrons. The largest absolute Gasteiger partial charge is 0.313 e. The lowest BCUT2D eigenvalue weighted by molar-refractivity contribution is -0.387. The van der Waals surface area contributed by atoms with Crippen molar-refractivity contribution in [1.29, 1.82) is 0 Å². The van der Waals surface area contributed by atoms with E-state index in [4.69, 9.17) is 0 Å². The number of sulfone groups is 1. The van der Waals surface area contributed by atoms with Gasteiger partial charge in [0, 0.05) is 12.1 Å². The first-order valence-electron chi connectivity index (χ1n) is 6.12. The molecule has 1 aromatic carbocycles. The highest BCUT2D eigenvalue weighted by Gasteiger charge is 2.27. The molecule has 19 heavy (non-hydrogen) atoms. The van der Waals surface area contributed by atoms with Gasteiger partial charge >= 0.3 is 0 Å². The highest BCUT2D eigenvalue weighted by Crippen LogP contribution is 2.24. The van der Waals surface area contributed by atoms with E-state index in [9.17, 15) is 18.5 Å². The van der Waals surface area contributed by atoms with Crippen LogP contribution < -0.4 is 5.32 Å². The molecule has 6 nitrogen and oxygen atoms in total. The van der Waals surface area contributed by atoms with Crippen LogP contribution in [0.1, 0.15) is 20.3 Å². The first kappa shape index (κ1) is 15.6. The van der Waals surface area contributed by atoms with Gasteiger partial charge in [0.05, 0.1) is 10.7 Å². The second-order valence-electron chi connectivity index (χ2n) is 4.17. The van der Waals surface area contributed by atoms with E-state index in [1.807, 2.05) is 13.8 Å². The second-order valence-corrected chi connectivity index (χ2v) is 6.17. The van der Waals surface area contributed by atoms with Crippen molar-refractivity contribution < 1.29 is 13.3 Å². The summed E-state index contributed by atoms with van der Waals surface area (Å²) in [5.74, 6) is -0.137. The molecular formula is C12H18N2O4S. The zero-order chi connectivity index (χ0) is 14.5. The molecule has 0 saturated heterocycles. The highest BCUT2D eigenvalue weighted by atomic mass is 32.2. The molecule has 1 aromatic rings. The molecule has 7 heteroatoms. The fourth-order valence-electron chi connectivity index (χ4n) is 1.84. The minimum atomic E-state index is -3.67. The molecule has 0 radical (unpaired) electrons. The van der Waals surface area contributed by atoms with Gasteiger partial charge in [-0.2, -0.15) is 0 Å². The second kappa shape index (κ2) is 6.63. The molecule has 1 N–H and O–H groups in total. The minimum Gasteiger partial charge on any atom is -0.313 e. The number of rotatable bonds is 7. The molecule has 0 fully saturated rings. The van der Waals surface area contributed by atoms with Crippen molar-refractivity contribution in [2.24, 2.45) is 0 Å². The summed E-state index contributed by atoms with van der Waals surface area (Å²) in [6.07, 6.45) is 0.647. The maximum atomic E-state index is 12.3. The lowest BCUT2D eigenvalue weighted by Gasteiger charge is -2.15. The quantitative estimate of drug-likeness (QED) is 0.609. The molecule has 0 amide bonds. The van der Waals surface area contributed by atoms with Crippen LogP contribution in [0.5, 0.6) is 0 Å². The first-order chi connectivity index (χ1) is 8.92. The minimum absolute atomic E-state index is 0.137. The van der Waals surface area contributed by atoms with Crippen LogP contribution in [0.2, 0.25) is 0 Å². The lowest BCUT2D eigenvalue weighted by Crippen LogP contribution is -2.35. The van der Waals surface area contributed by atoms with Crippen molar-refractivity contribution in [3.63, 3.8) is 0 Å². The van der Waals surface area contributed by atoms with E-state index in [0.717, 1.165) is 0 Å². The van der Waals surface area contributed by atoms with Gasteiger partial charge in [-0.1, -0.05) is 26.0 Å². The molecule has 0 bridgehead atoms. The van der Waals surface area contributed by atoms with Crippen LogP contribution in [-0.2, 0) is 9.84 Å². The van der Waals surface area contributed by atoms with Crippen LogP contribution in [0.4, 0.5) is 5.69 Å². The van der Waals surface area contributed by atoms with Crippen LogP contribution in [0.3, 0.4) is 0 Å². The summed E-state index contributed by atoms with van der Waals surface area (Å²) in [6, 6.07) is 5.25. The molecule has 0 aromatic heterocycles. The molecular weight excluding hydrogens is 268 g/mol. The zero-order valence-corrected chi connectivity index (χ0v) is 11.8. The molecule has 0 aliphatic heterocycles. The Bertz CT molecular complexity index is 542. The van der Waals surface area contributed by atoms with Crippen molar-refractivity contribution in [1.82, 2.24) is 5.32 Å². The van der Waals surface area contributed by atoms with Crippen molar-refractivity contribution in [2.45, 2.75) is 31.2 Å². The molecule has 1 rings (SSSR count). The van der Waals surface area contributed by atoms with Gasteiger partial charge < -0.3 is 5.32 Å². The van der Waals surface area contributed by atoms with Gasteiger partial charge in [0.1, 0.15) is 4.90 Å². The number of nitro groups is 1. The number of nitrogens with zero attached hydrogens (tertiary/aromatic N) is 1. The van der Waals surface area contributed by atoms with E-state index in [0.29, 0.717) is 13.0 Å². The Kier molecular flexibility index (Phi) is 5.44. The molecule has 0 aliphatic carbocycles. The fourth-order valence-corrected chi connectivity index (χ4v) is 3.65. The van der Waals surface area contributed by atoms with Gasteiger partial charge in [0.2, 0.25) is 0 Å². The summed E-state index contributed by atoms with van der Waals surface area (Å²) in [5.41, 5.74) is -0.367. The third kappa shape index (κ3) is 4.00. The Balaban J connectivity index is 3.10. The van der Waals surface area contributed by atoms with E-state index >= 15 is 0 Å². The van der Waals surface area contributed by atoms with E-state index < -0.39 is 14.8 Å². The SMILES string of the molecule is CCNC(CC)CS(=O)(=O)c1ccccc1[N+](=O)[O-]. The summed E-state index contributed by atoms with van der Waals surface area (Å²) in [7, 11) is -3.67. The smallest absolute Gasteiger partial charge is 0.287 e. The average Bonchev–Trinajstić information content (AvgIpc) is 2.38. The van der Waals surface area contributed by atoms with Gasteiger partial charge in [-0.15, -0.1) is 0 Å². The van der Waals surface area contributed by atoms with E-state index in [1.54, 1.807) is 0 Å². The van der Waals surface area contributed by atoms with Crippen molar-refractivity contribution in [3.05, 3.63) is 34.4 Å². The Morgan fingerprint density at radius 3 is 2.47 bits per heavy atom. The number of benzene rings is 1. The van der Waals surface area contributed by atoms with E-state index in [2.05, 4.69) is 5.32 Å². The molecule has 1 atom stereocenters. The van der Waals surface area contributed by atoms with E-state index in [1.165, 1.54) is 24.3 Å². The van der Waals surface area contributed by atoms with Gasteiger partial charge in [-0.25, -0.2) is 8.42 Å². The molecule has 0 aliphatic rings. The summed E-state index contributed by atoms with van der Waals surface area (Å²) >= 11 is 0. The first-order valence-corrected chi connectivity index (χ1v) is 7.77. The number of hydrogen-bond donors (Lipinski definition) is 1. The van der Waals surface area contributed by atoms with Crippen molar-refractivity contribution in [2.75, 3.05) is 12.3 Å². The summed E-state index contributed by atoms with van der Waals surface area (Å²) in [6.45, 7) is 4.42. The maximum absolute atomic E-state index is 12.3. The monoisotopic (exact) mass is 286 g/mol. The van der Waals surface area contributed by atoms with Gasteiger partial charge in [0.15, 0.2) is 9.84 Å². The summed E-state index contributed by atoms with van der Waals surface area (Å²) in [4.78, 5) is 10.00. The Morgan fingerprint density at radius 2 is 1.95 bits per heavy atom. The Morgan fingerprint density at radius 1 is 1.32 bits per heavy atom. The molecule has 0 spiro atoms. The summed E-state index contributed by atoms with van der Waals surface area (Å²) < 4.78 is 24.5. The van der Waals surface area contributed by atoms with Gasteiger partial charge in [-0.05, 0) is 19.0 Å². The predicted octanol–water partition coefficient (Wildman–Crippen LogP) is 1.76. The van der Waals surface area contributed by atoms with Crippen molar-refractivity contribution in [3.8, 4) is 0 Å². The third-order valence-corrected chi connectivity index (χ3v) is 4.66. The molecule has 0 heterocycles. The van der Waals surface area contributed by atoms with Crippen LogP contribution in [0.15, 0.2) is 29.2 Å². The third-order valence-electron chi connectivity index (χ3n) is 2.80. The topological polar surface area (TPSA) is 89.3 Å². The zero-order valence-electron chi connectivity index (χ0n) is 11.0. The van der Waals surface area contributed by atoms with E-state index in [-0.39, 0.29) is 22.4 Å². The van der Waals surface area contributed by atoms with Crippen molar-refractivity contribution >= 4 is 15.5 Å². The van der Waals surface area contributed by atoms with Gasteiger partial charge in [0.25, 0.3) is 5.69 Å². The Hall–Kier alpha value is -1.47. The number of para-hydroxylation sites is 1. The normalized spacial score (nSPS) is 13.2. The number of hydrogen-bond acceptors (Lipinski definition) is 5. The molecule has 1 unspecified atom stereocenters. The van der Waals surface area contributed by atoms with Gasteiger partial charge in [-0.3, -0.25) is 10.1 Å². The fraction of sp³-hybridized carbons (Fsp3) is 0.500.